The number of primary amides is 1. The Labute approximate surface area is 268 Å². The summed E-state index contributed by atoms with van der Waals surface area (Å²) in [5, 5.41) is 14.9. The quantitative estimate of drug-likeness (QED) is 0.164. The van der Waals surface area contributed by atoms with Gasteiger partial charge in [0, 0.05) is 50.4 Å². The molecule has 262 valence electrons. The average Bonchev–Trinajstić information content (AvgIpc) is 2.95. The molecule has 2 fully saturated rings. The van der Waals surface area contributed by atoms with E-state index in [1.165, 1.54) is 18.9 Å². The molecule has 0 saturated heterocycles. The maximum absolute atomic E-state index is 14.3. The lowest BCUT2D eigenvalue weighted by Crippen LogP contribution is -2.55. The van der Waals surface area contributed by atoms with Crippen LogP contribution < -0.4 is 15.9 Å². The van der Waals surface area contributed by atoms with Crippen LogP contribution in [0.3, 0.4) is 0 Å². The zero-order chi connectivity index (χ0) is 33.9. The monoisotopic (exact) mass is 665 g/mol. The van der Waals surface area contributed by atoms with Gasteiger partial charge in [0.15, 0.2) is 0 Å². The second kappa shape index (κ2) is 18.4. The summed E-state index contributed by atoms with van der Waals surface area (Å²) in [5.74, 6) is -3.63. The zero-order valence-corrected chi connectivity index (χ0v) is 28.5. The highest BCUT2D eigenvalue weighted by Crippen LogP contribution is 2.36. The van der Waals surface area contributed by atoms with E-state index in [-0.39, 0.29) is 63.9 Å². The van der Waals surface area contributed by atoms with Gasteiger partial charge in [-0.3, -0.25) is 14.4 Å². The van der Waals surface area contributed by atoms with E-state index in [9.17, 15) is 36.7 Å². The van der Waals surface area contributed by atoms with Gasteiger partial charge in [-0.1, -0.05) is 20.8 Å². The summed E-state index contributed by atoms with van der Waals surface area (Å²) < 4.78 is 53.8. The average molecular weight is 666 g/mol. The first-order valence-corrected chi connectivity index (χ1v) is 18.3. The molecule has 2 saturated carbocycles. The van der Waals surface area contributed by atoms with Crippen molar-refractivity contribution in [2.45, 2.75) is 129 Å². The van der Waals surface area contributed by atoms with Gasteiger partial charge >= 0.3 is 0 Å². The molecule has 0 aromatic rings. The Morgan fingerprint density at radius 1 is 0.867 bits per heavy atom. The summed E-state index contributed by atoms with van der Waals surface area (Å²) in [7, 11) is -3.72. The molecule has 0 spiro atoms. The number of rotatable bonds is 18. The van der Waals surface area contributed by atoms with Gasteiger partial charge in [-0.25, -0.2) is 22.2 Å². The number of hydrazine groups is 1. The van der Waals surface area contributed by atoms with Gasteiger partial charge in [0.2, 0.25) is 27.7 Å². The molecular formula is C31H57F2N5O6S. The lowest BCUT2D eigenvalue weighted by atomic mass is 9.73. The van der Waals surface area contributed by atoms with Crippen molar-refractivity contribution in [3.8, 4) is 0 Å². The molecule has 2 aliphatic carbocycles. The number of nitrogens with two attached hydrogens (primary N) is 1. The number of nitrogens with zero attached hydrogens (tertiary/aromatic N) is 2. The van der Waals surface area contributed by atoms with Gasteiger partial charge in [0.1, 0.15) is 12.3 Å². The highest BCUT2D eigenvalue weighted by atomic mass is 32.2. The summed E-state index contributed by atoms with van der Waals surface area (Å²) >= 11 is 0. The molecule has 0 radical (unpaired) electrons. The van der Waals surface area contributed by atoms with Crippen LogP contribution in [0.4, 0.5) is 8.78 Å². The third kappa shape index (κ3) is 12.3. The first-order chi connectivity index (χ1) is 21.1. The molecule has 11 nitrogen and oxygen atoms in total. The highest BCUT2D eigenvalue weighted by molar-refractivity contribution is 7.90. The number of hydrogen-bond acceptors (Lipinski definition) is 7. The van der Waals surface area contributed by atoms with Crippen molar-refractivity contribution in [1.29, 1.82) is 0 Å². The molecule has 45 heavy (non-hydrogen) atoms. The van der Waals surface area contributed by atoms with Gasteiger partial charge in [-0.05, 0) is 77.6 Å². The van der Waals surface area contributed by atoms with Crippen molar-refractivity contribution in [3.05, 3.63) is 0 Å². The van der Waals surface area contributed by atoms with E-state index < -0.39 is 75.2 Å². The molecule has 0 aliphatic heterocycles. The van der Waals surface area contributed by atoms with Crippen molar-refractivity contribution >= 4 is 27.7 Å². The van der Waals surface area contributed by atoms with E-state index in [1.807, 2.05) is 20.8 Å². The molecular weight excluding hydrogens is 608 g/mol. The van der Waals surface area contributed by atoms with Crippen molar-refractivity contribution in [1.82, 2.24) is 20.1 Å². The highest BCUT2D eigenvalue weighted by Gasteiger charge is 2.41. The molecule has 0 aromatic heterocycles. The number of aliphatic hydroxyl groups excluding tert-OH is 1. The normalized spacial score (nSPS) is 27.2. The number of halogens is 2. The first-order valence-electron chi connectivity index (χ1n) is 16.7. The fraction of sp³-hybridized carbons (Fsp3) is 0.903. The van der Waals surface area contributed by atoms with E-state index in [1.54, 1.807) is 4.90 Å². The van der Waals surface area contributed by atoms with Crippen LogP contribution in [0.2, 0.25) is 0 Å². The Hall–Kier alpha value is -1.90. The molecule has 3 amide bonds. The molecule has 7 unspecified atom stereocenters. The number of amides is 3. The standard InChI is InChI=1S/C31H57F2N5O6S/c1-6-9-37(10-7-2)31(42)24-16-22(29(34)40)15-23(17-24)30(41)35-27(14-21-12-25(32)18-26(33)13-21)28(39)19-38(11-8-3)36-45(43,44)20(4)5/h20-28,36,39H,6-19H2,1-5H3,(H2,34,40)(H,35,41). The summed E-state index contributed by atoms with van der Waals surface area (Å²) in [6.07, 6.45) is -1.16. The number of aliphatic hydroxyl groups is 1. The van der Waals surface area contributed by atoms with Gasteiger partial charge in [-0.2, -0.15) is 0 Å². The molecule has 14 heteroatoms. The number of alkyl halides is 2. The largest absolute Gasteiger partial charge is 0.390 e. The van der Waals surface area contributed by atoms with Crippen LogP contribution >= 0.6 is 0 Å². The van der Waals surface area contributed by atoms with Gasteiger partial charge in [-0.15, -0.1) is 4.83 Å². The van der Waals surface area contributed by atoms with Crippen molar-refractivity contribution in [2.24, 2.45) is 29.4 Å². The third-order valence-electron chi connectivity index (χ3n) is 8.98. The van der Waals surface area contributed by atoms with Crippen LogP contribution in [0, 0.1) is 23.7 Å². The fourth-order valence-electron chi connectivity index (χ4n) is 6.63. The van der Waals surface area contributed by atoms with E-state index in [0.29, 0.717) is 19.5 Å². The van der Waals surface area contributed by atoms with Crippen LogP contribution in [-0.2, 0) is 24.4 Å². The fourth-order valence-corrected chi connectivity index (χ4v) is 7.37. The lowest BCUT2D eigenvalue weighted by molar-refractivity contribution is -0.141. The third-order valence-corrected chi connectivity index (χ3v) is 10.7. The van der Waals surface area contributed by atoms with E-state index in [4.69, 9.17) is 5.73 Å². The van der Waals surface area contributed by atoms with Crippen LogP contribution in [-0.4, -0.2) is 97.1 Å². The molecule has 0 bridgehead atoms. The number of nitrogens with one attached hydrogen (secondary N) is 2. The summed E-state index contributed by atoms with van der Waals surface area (Å²) in [6, 6.07) is -0.956. The molecule has 2 aliphatic rings. The van der Waals surface area contributed by atoms with Crippen LogP contribution in [0.5, 0.6) is 0 Å². The number of carbonyl (C=O) groups excluding carboxylic acids is 3. The van der Waals surface area contributed by atoms with E-state index in [0.717, 1.165) is 12.8 Å². The van der Waals surface area contributed by atoms with Gasteiger partial charge in [0.05, 0.1) is 17.4 Å². The van der Waals surface area contributed by atoms with Crippen LogP contribution in [0.1, 0.15) is 98.8 Å². The minimum atomic E-state index is -3.72. The summed E-state index contributed by atoms with van der Waals surface area (Å²) in [4.78, 5) is 43.9. The van der Waals surface area contributed by atoms with E-state index in [2.05, 4.69) is 10.1 Å². The Morgan fingerprint density at radius 2 is 1.40 bits per heavy atom. The second-order valence-corrected chi connectivity index (χ2v) is 15.6. The maximum Gasteiger partial charge on any atom is 0.226 e. The Bertz CT molecular complexity index is 1050. The Morgan fingerprint density at radius 3 is 1.91 bits per heavy atom. The van der Waals surface area contributed by atoms with Crippen LogP contribution in [0.25, 0.3) is 0 Å². The van der Waals surface area contributed by atoms with Crippen LogP contribution in [0.15, 0.2) is 0 Å². The van der Waals surface area contributed by atoms with E-state index >= 15 is 0 Å². The molecule has 2 rings (SSSR count). The van der Waals surface area contributed by atoms with Crippen molar-refractivity contribution < 1.29 is 36.7 Å². The SMILES string of the molecule is CCCN(CC(O)C(CC1CC(F)CC(F)C1)NC(=O)C1CC(C(N)=O)CC(C(=O)N(CCC)CCC)C1)NS(=O)(=O)C(C)C. The first kappa shape index (κ1) is 39.3. The minimum absolute atomic E-state index is 0.0831. The Balaban J connectivity index is 2.31. The molecule has 7 atom stereocenters. The number of sulfonamides is 1. The number of hydrogen-bond donors (Lipinski definition) is 4. The number of carbonyl (C=O) groups is 3. The van der Waals surface area contributed by atoms with Gasteiger partial charge < -0.3 is 21.1 Å². The van der Waals surface area contributed by atoms with Crippen molar-refractivity contribution in [3.63, 3.8) is 0 Å². The minimum Gasteiger partial charge on any atom is -0.390 e. The van der Waals surface area contributed by atoms with Crippen molar-refractivity contribution in [2.75, 3.05) is 26.2 Å². The molecule has 0 heterocycles. The van der Waals surface area contributed by atoms with Gasteiger partial charge in [0.25, 0.3) is 0 Å². The lowest BCUT2D eigenvalue weighted by Gasteiger charge is -2.37. The topological polar surface area (TPSA) is 162 Å². The molecule has 0 aromatic carbocycles. The summed E-state index contributed by atoms with van der Waals surface area (Å²) in [6.45, 7) is 10.1. The molecule has 5 N–H and O–H groups in total. The maximum atomic E-state index is 14.3. The smallest absolute Gasteiger partial charge is 0.226 e. The summed E-state index contributed by atoms with van der Waals surface area (Å²) in [5.41, 5.74) is 5.67. The predicted molar refractivity (Wildman–Crippen MR) is 169 cm³/mol. The second-order valence-electron chi connectivity index (χ2n) is 13.3. The predicted octanol–water partition coefficient (Wildman–Crippen LogP) is 2.82. The Kier molecular flexibility index (Phi) is 16.1. The zero-order valence-electron chi connectivity index (χ0n) is 27.7.